The Balaban J connectivity index is 1.67. The van der Waals surface area contributed by atoms with Crippen LogP contribution in [0.2, 0.25) is 0 Å². The molecule has 2 aromatic rings. The van der Waals surface area contributed by atoms with Crippen molar-refractivity contribution in [3.8, 4) is 0 Å². The van der Waals surface area contributed by atoms with E-state index in [-0.39, 0.29) is 35.4 Å². The van der Waals surface area contributed by atoms with Crippen molar-refractivity contribution in [3.05, 3.63) is 46.7 Å². The molecule has 0 aliphatic heterocycles. The van der Waals surface area contributed by atoms with Crippen molar-refractivity contribution < 1.29 is 14.0 Å². The van der Waals surface area contributed by atoms with E-state index in [4.69, 9.17) is 0 Å². The molecule has 1 aromatic carbocycles. The van der Waals surface area contributed by atoms with Crippen LogP contribution in [0.4, 0.5) is 4.39 Å². The second-order valence-electron chi connectivity index (χ2n) is 7.18. The Morgan fingerprint density at radius 3 is 2.44 bits per heavy atom. The van der Waals surface area contributed by atoms with E-state index in [9.17, 15) is 14.0 Å². The lowest BCUT2D eigenvalue weighted by molar-refractivity contribution is -0.126. The summed E-state index contributed by atoms with van der Waals surface area (Å²) < 4.78 is 17.2. The maximum absolute atomic E-state index is 13.4. The molecule has 0 unspecified atom stereocenters. The number of benzene rings is 1. The molecule has 2 amide bonds. The van der Waals surface area contributed by atoms with Gasteiger partial charge in [0.05, 0.1) is 0 Å². The molecule has 6 nitrogen and oxygen atoms in total. The first-order valence-electron chi connectivity index (χ1n) is 9.29. The molecular formula is C19H21FN4O2S. The number of carbonyl (C=O) groups is 2. The van der Waals surface area contributed by atoms with Crippen LogP contribution < -0.4 is 5.32 Å². The molecule has 1 heterocycles. The predicted molar refractivity (Wildman–Crippen MR) is 98.6 cm³/mol. The van der Waals surface area contributed by atoms with E-state index in [1.165, 1.54) is 12.1 Å². The van der Waals surface area contributed by atoms with Gasteiger partial charge in [-0.25, -0.2) is 4.39 Å². The van der Waals surface area contributed by atoms with E-state index in [1.807, 2.05) is 0 Å². The molecule has 1 atom stereocenters. The molecule has 0 bridgehead atoms. The van der Waals surface area contributed by atoms with Gasteiger partial charge in [0, 0.05) is 17.5 Å². The van der Waals surface area contributed by atoms with Crippen LogP contribution in [0.1, 0.15) is 60.6 Å². The van der Waals surface area contributed by atoms with Crippen molar-refractivity contribution >= 4 is 23.3 Å². The molecule has 142 valence electrons. The Kier molecular flexibility index (Phi) is 5.15. The predicted octanol–water partition coefficient (Wildman–Crippen LogP) is 3.08. The minimum Gasteiger partial charge on any atom is -0.351 e. The number of hydrogen-bond donors (Lipinski definition) is 1. The Bertz CT molecular complexity index is 802. The minimum atomic E-state index is -0.798. The fourth-order valence-corrected chi connectivity index (χ4v) is 4.10. The number of nitrogens with one attached hydrogen (secondary N) is 1. The normalized spacial score (nSPS) is 18.3. The summed E-state index contributed by atoms with van der Waals surface area (Å²) in [6.45, 7) is 0. The van der Waals surface area contributed by atoms with Crippen LogP contribution in [0, 0.1) is 5.82 Å². The highest BCUT2D eigenvalue weighted by Crippen LogP contribution is 2.36. The lowest BCUT2D eigenvalue weighted by Crippen LogP contribution is -2.47. The fraction of sp³-hybridized carbons (Fsp3) is 0.474. The first-order valence-corrected chi connectivity index (χ1v) is 10.1. The maximum Gasteiger partial charge on any atom is 0.276 e. The monoisotopic (exact) mass is 388 g/mol. The number of hydrogen-bond acceptors (Lipinski definition) is 5. The number of carbonyl (C=O) groups excluding carboxylic acids is 2. The standard InChI is InChI=1S/C19H21FN4O2S/c20-13-7-5-12(6-8-13)17(18(25)21-14-3-1-2-4-14)24(15-9-10-15)19(26)16-11-27-23-22-16/h5-8,11,14-15,17H,1-4,9-10H2,(H,21,25)/t17-/m1/s1. The SMILES string of the molecule is O=C(NC1CCCC1)[C@@H](c1ccc(F)cc1)N(C(=O)c1csnn1)C1CC1. The lowest BCUT2D eigenvalue weighted by Gasteiger charge is -2.31. The van der Waals surface area contributed by atoms with E-state index in [2.05, 4.69) is 14.9 Å². The summed E-state index contributed by atoms with van der Waals surface area (Å²) in [5.41, 5.74) is 0.850. The number of aromatic nitrogens is 2. The zero-order valence-electron chi connectivity index (χ0n) is 14.8. The van der Waals surface area contributed by atoms with E-state index in [0.29, 0.717) is 5.56 Å². The average molecular weight is 388 g/mol. The van der Waals surface area contributed by atoms with Gasteiger partial charge in [-0.05, 0) is 54.9 Å². The molecule has 0 saturated heterocycles. The van der Waals surface area contributed by atoms with Gasteiger partial charge < -0.3 is 10.2 Å². The van der Waals surface area contributed by atoms with Gasteiger partial charge in [-0.1, -0.05) is 29.5 Å². The number of rotatable bonds is 6. The Morgan fingerprint density at radius 1 is 1.15 bits per heavy atom. The summed E-state index contributed by atoms with van der Waals surface area (Å²) in [5, 5.41) is 8.57. The van der Waals surface area contributed by atoms with Gasteiger partial charge in [0.1, 0.15) is 11.9 Å². The third-order valence-corrected chi connectivity index (χ3v) is 5.67. The molecular weight excluding hydrogens is 367 g/mol. The van der Waals surface area contributed by atoms with Crippen molar-refractivity contribution in [1.82, 2.24) is 19.8 Å². The summed E-state index contributed by atoms with van der Waals surface area (Å²) in [7, 11) is 0. The third-order valence-electron chi connectivity index (χ3n) is 5.17. The van der Waals surface area contributed by atoms with Gasteiger partial charge in [-0.3, -0.25) is 9.59 Å². The zero-order chi connectivity index (χ0) is 18.8. The second-order valence-corrected chi connectivity index (χ2v) is 7.79. The fourth-order valence-electron chi connectivity index (χ4n) is 3.67. The minimum absolute atomic E-state index is 0.0106. The van der Waals surface area contributed by atoms with Gasteiger partial charge in [0.2, 0.25) is 5.91 Å². The van der Waals surface area contributed by atoms with Crippen molar-refractivity contribution in [2.75, 3.05) is 0 Å². The highest BCUT2D eigenvalue weighted by atomic mass is 32.1. The smallest absolute Gasteiger partial charge is 0.276 e. The topological polar surface area (TPSA) is 75.2 Å². The van der Waals surface area contributed by atoms with E-state index in [1.54, 1.807) is 22.4 Å². The third kappa shape index (κ3) is 4.00. The molecule has 2 aliphatic rings. The summed E-state index contributed by atoms with van der Waals surface area (Å²) in [6.07, 6.45) is 5.80. The van der Waals surface area contributed by atoms with Gasteiger partial charge in [0.25, 0.3) is 5.91 Å². The lowest BCUT2D eigenvalue weighted by atomic mass is 10.0. The van der Waals surface area contributed by atoms with Crippen molar-refractivity contribution in [3.63, 3.8) is 0 Å². The van der Waals surface area contributed by atoms with Crippen LogP contribution >= 0.6 is 11.5 Å². The number of halogens is 1. The zero-order valence-corrected chi connectivity index (χ0v) is 15.6. The van der Waals surface area contributed by atoms with Crippen LogP contribution in [-0.4, -0.2) is 38.4 Å². The van der Waals surface area contributed by atoms with Crippen LogP contribution in [0.25, 0.3) is 0 Å². The van der Waals surface area contributed by atoms with Crippen molar-refractivity contribution in [1.29, 1.82) is 0 Å². The molecule has 1 aromatic heterocycles. The summed E-state index contributed by atoms with van der Waals surface area (Å²) in [6, 6.07) is 5.14. The van der Waals surface area contributed by atoms with E-state index < -0.39 is 6.04 Å². The number of amides is 2. The van der Waals surface area contributed by atoms with E-state index in [0.717, 1.165) is 50.1 Å². The Labute approximate surface area is 160 Å². The van der Waals surface area contributed by atoms with Gasteiger partial charge in [-0.15, -0.1) is 5.10 Å². The molecule has 2 aliphatic carbocycles. The molecule has 27 heavy (non-hydrogen) atoms. The van der Waals surface area contributed by atoms with Crippen LogP contribution in [-0.2, 0) is 4.79 Å². The Morgan fingerprint density at radius 2 is 1.85 bits per heavy atom. The quantitative estimate of drug-likeness (QED) is 0.825. The van der Waals surface area contributed by atoms with Gasteiger partial charge in [-0.2, -0.15) is 0 Å². The molecule has 2 saturated carbocycles. The van der Waals surface area contributed by atoms with E-state index >= 15 is 0 Å². The molecule has 1 N–H and O–H groups in total. The first kappa shape index (κ1) is 18.0. The van der Waals surface area contributed by atoms with Crippen LogP contribution in [0.15, 0.2) is 29.6 Å². The van der Waals surface area contributed by atoms with Gasteiger partial charge in [0.15, 0.2) is 5.69 Å². The molecule has 2 fully saturated rings. The summed E-state index contributed by atoms with van der Waals surface area (Å²) >= 11 is 1.10. The first-order chi connectivity index (χ1) is 13.1. The second kappa shape index (κ2) is 7.72. The highest BCUT2D eigenvalue weighted by molar-refractivity contribution is 7.03. The summed E-state index contributed by atoms with van der Waals surface area (Å²) in [4.78, 5) is 27.9. The molecule has 8 heteroatoms. The average Bonchev–Trinajstić information content (AvgIpc) is 3.11. The highest BCUT2D eigenvalue weighted by Gasteiger charge is 2.42. The molecule has 4 rings (SSSR count). The summed E-state index contributed by atoms with van der Waals surface area (Å²) in [5.74, 6) is -0.888. The molecule has 0 spiro atoms. The van der Waals surface area contributed by atoms with Crippen molar-refractivity contribution in [2.45, 2.75) is 56.7 Å². The largest absolute Gasteiger partial charge is 0.351 e. The maximum atomic E-state index is 13.4. The van der Waals surface area contributed by atoms with Crippen LogP contribution in [0.3, 0.4) is 0 Å². The number of nitrogens with zero attached hydrogens (tertiary/aromatic N) is 3. The Hall–Kier alpha value is -2.35. The van der Waals surface area contributed by atoms with Gasteiger partial charge >= 0.3 is 0 Å². The molecule has 0 radical (unpaired) electrons. The van der Waals surface area contributed by atoms with Crippen LogP contribution in [0.5, 0.6) is 0 Å². The van der Waals surface area contributed by atoms with Crippen molar-refractivity contribution in [2.24, 2.45) is 0 Å².